The van der Waals surface area contributed by atoms with Crippen molar-refractivity contribution in [2.24, 2.45) is 5.92 Å². The van der Waals surface area contributed by atoms with E-state index in [1.54, 1.807) is 0 Å². The fourth-order valence-electron chi connectivity index (χ4n) is 4.02. The smallest absolute Gasteiger partial charge is 0.223 e. The number of benzene rings is 2. The van der Waals surface area contributed by atoms with Crippen molar-refractivity contribution in [2.45, 2.75) is 52.5 Å². The molecule has 1 amide bonds. The molecule has 1 aromatic heterocycles. The van der Waals surface area contributed by atoms with E-state index in [1.165, 1.54) is 11.1 Å². The number of anilines is 1. The third kappa shape index (κ3) is 4.76. The highest BCUT2D eigenvalue weighted by Crippen LogP contribution is 2.33. The lowest BCUT2D eigenvalue weighted by molar-refractivity contribution is -0.124. The first-order valence-electron chi connectivity index (χ1n) is 11.1. The van der Waals surface area contributed by atoms with E-state index >= 15 is 0 Å². The van der Waals surface area contributed by atoms with Gasteiger partial charge in [-0.25, -0.2) is 4.98 Å². The molecular formula is C26H30N4O. The summed E-state index contributed by atoms with van der Waals surface area (Å²) in [5.41, 5.74) is 14.2. The second-order valence-electron chi connectivity index (χ2n) is 8.34. The van der Waals surface area contributed by atoms with E-state index in [0.29, 0.717) is 6.54 Å². The van der Waals surface area contributed by atoms with Gasteiger partial charge >= 0.3 is 0 Å². The minimum Gasteiger partial charge on any atom is -0.399 e. The minimum atomic E-state index is -0.00399. The van der Waals surface area contributed by atoms with Crippen LogP contribution in [-0.4, -0.2) is 15.9 Å². The fraction of sp³-hybridized carbons (Fsp3) is 0.346. The van der Waals surface area contributed by atoms with Crippen LogP contribution in [0.15, 0.2) is 48.5 Å². The van der Waals surface area contributed by atoms with E-state index in [1.807, 2.05) is 32.0 Å². The van der Waals surface area contributed by atoms with Gasteiger partial charge in [0.05, 0.1) is 29.3 Å². The summed E-state index contributed by atoms with van der Waals surface area (Å²) < 4.78 is 0. The lowest BCUT2D eigenvalue weighted by Gasteiger charge is -2.21. The van der Waals surface area contributed by atoms with Gasteiger partial charge in [0, 0.05) is 17.2 Å². The number of nitrogens with two attached hydrogens (primary N) is 1. The lowest BCUT2D eigenvalue weighted by Crippen LogP contribution is -2.29. The number of nitrogen functional groups attached to an aromatic ring is 1. The lowest BCUT2D eigenvalue weighted by atomic mass is 9.91. The summed E-state index contributed by atoms with van der Waals surface area (Å²) in [5, 5.41) is 3.06. The number of nitrogens with zero attached hydrogens (tertiary/aromatic N) is 2. The normalized spacial score (nSPS) is 13.2. The maximum Gasteiger partial charge on any atom is 0.223 e. The van der Waals surface area contributed by atoms with Gasteiger partial charge in [0.15, 0.2) is 0 Å². The number of carbonyl (C=O) groups is 1. The van der Waals surface area contributed by atoms with Crippen molar-refractivity contribution in [3.63, 3.8) is 0 Å². The predicted molar refractivity (Wildman–Crippen MR) is 124 cm³/mol. The van der Waals surface area contributed by atoms with Crippen LogP contribution in [0, 0.1) is 5.92 Å². The second kappa shape index (κ2) is 9.29. The van der Waals surface area contributed by atoms with Crippen molar-refractivity contribution >= 4 is 11.6 Å². The zero-order valence-corrected chi connectivity index (χ0v) is 18.3. The van der Waals surface area contributed by atoms with Crippen LogP contribution in [0.3, 0.4) is 0 Å². The van der Waals surface area contributed by atoms with Crippen LogP contribution in [0.1, 0.15) is 48.5 Å². The Morgan fingerprint density at radius 2 is 1.87 bits per heavy atom. The molecule has 160 valence electrons. The molecule has 5 heteroatoms. The van der Waals surface area contributed by atoms with Crippen LogP contribution >= 0.6 is 0 Å². The number of carbonyl (C=O) groups excluding carboxylic acids is 1. The fourth-order valence-corrected chi connectivity index (χ4v) is 4.02. The molecule has 31 heavy (non-hydrogen) atoms. The number of fused-ring (bicyclic) bond motifs is 3. The van der Waals surface area contributed by atoms with Crippen LogP contribution < -0.4 is 11.1 Å². The van der Waals surface area contributed by atoms with Crippen LogP contribution in [0.4, 0.5) is 5.69 Å². The highest BCUT2D eigenvalue weighted by molar-refractivity contribution is 5.78. The van der Waals surface area contributed by atoms with Gasteiger partial charge in [-0.3, -0.25) is 9.78 Å². The van der Waals surface area contributed by atoms with Gasteiger partial charge in [-0.05, 0) is 55.4 Å². The first-order valence-corrected chi connectivity index (χ1v) is 11.1. The molecule has 0 fully saturated rings. The van der Waals surface area contributed by atoms with E-state index in [2.05, 4.69) is 35.6 Å². The van der Waals surface area contributed by atoms with Crippen molar-refractivity contribution in [1.29, 1.82) is 0 Å². The summed E-state index contributed by atoms with van der Waals surface area (Å²) in [6.07, 6.45) is 4.23. The van der Waals surface area contributed by atoms with Crippen molar-refractivity contribution in [3.8, 4) is 11.3 Å². The number of hydrogen-bond acceptors (Lipinski definition) is 4. The van der Waals surface area contributed by atoms with Crippen LogP contribution in [0.2, 0.25) is 0 Å². The zero-order chi connectivity index (χ0) is 21.8. The maximum absolute atomic E-state index is 12.4. The van der Waals surface area contributed by atoms with E-state index in [4.69, 9.17) is 15.7 Å². The third-order valence-corrected chi connectivity index (χ3v) is 6.12. The Balaban J connectivity index is 1.66. The van der Waals surface area contributed by atoms with Gasteiger partial charge in [-0.15, -0.1) is 0 Å². The minimum absolute atomic E-state index is 0.00399. The molecule has 5 nitrogen and oxygen atoms in total. The number of hydrogen-bond donors (Lipinski definition) is 2. The summed E-state index contributed by atoms with van der Waals surface area (Å²) in [6.45, 7) is 4.40. The van der Waals surface area contributed by atoms with Crippen molar-refractivity contribution in [3.05, 3.63) is 76.7 Å². The molecule has 4 rings (SSSR count). The molecule has 1 aliphatic rings. The van der Waals surface area contributed by atoms with Crippen LogP contribution in [0.5, 0.6) is 0 Å². The number of rotatable bonds is 7. The molecule has 0 saturated heterocycles. The predicted octanol–water partition coefficient (Wildman–Crippen LogP) is 4.27. The summed E-state index contributed by atoms with van der Waals surface area (Å²) in [7, 11) is 0. The number of aryl methyl sites for hydroxylation is 4. The molecule has 1 heterocycles. The van der Waals surface area contributed by atoms with Gasteiger partial charge in [0.25, 0.3) is 0 Å². The molecule has 1 unspecified atom stereocenters. The maximum atomic E-state index is 12.4. The molecule has 1 atom stereocenters. The van der Waals surface area contributed by atoms with Crippen molar-refractivity contribution in [2.75, 3.05) is 5.73 Å². The van der Waals surface area contributed by atoms with E-state index < -0.39 is 0 Å². The molecule has 1 aliphatic carbocycles. The standard InChI is InChI=1S/C26H30N4O/c1-3-17(2)26(31)28-16-24-22(13-9-18-7-5-4-6-8-18)30-25-21-12-11-20(27)15-19(21)10-14-23(25)29-24/h4-8,11-12,15,17H,3,9-10,13-14,16,27H2,1-2H3,(H,28,31). The monoisotopic (exact) mass is 414 g/mol. The summed E-state index contributed by atoms with van der Waals surface area (Å²) in [6, 6.07) is 16.4. The summed E-state index contributed by atoms with van der Waals surface area (Å²) in [5.74, 6) is 0.0625. The highest BCUT2D eigenvalue weighted by Gasteiger charge is 2.22. The Kier molecular flexibility index (Phi) is 6.31. The molecular weight excluding hydrogens is 384 g/mol. The van der Waals surface area contributed by atoms with Gasteiger partial charge in [-0.1, -0.05) is 50.2 Å². The largest absolute Gasteiger partial charge is 0.399 e. The number of aromatic nitrogens is 2. The molecule has 0 spiro atoms. The van der Waals surface area contributed by atoms with Crippen LogP contribution in [-0.2, 0) is 37.0 Å². The van der Waals surface area contributed by atoms with E-state index in [-0.39, 0.29) is 11.8 Å². The molecule has 0 aliphatic heterocycles. The highest BCUT2D eigenvalue weighted by atomic mass is 16.1. The molecule has 0 bridgehead atoms. The Morgan fingerprint density at radius 3 is 2.65 bits per heavy atom. The SMILES string of the molecule is CCC(C)C(=O)NCc1nc2c(nc1CCc1ccccc1)-c1ccc(N)cc1CC2. The first kappa shape index (κ1) is 21.0. The van der Waals surface area contributed by atoms with Gasteiger partial charge in [0.2, 0.25) is 5.91 Å². The Morgan fingerprint density at radius 1 is 1.06 bits per heavy atom. The van der Waals surface area contributed by atoms with Gasteiger partial charge in [-0.2, -0.15) is 0 Å². The Bertz CT molecular complexity index is 1080. The first-order chi connectivity index (χ1) is 15.0. The quantitative estimate of drug-likeness (QED) is 0.566. The van der Waals surface area contributed by atoms with Gasteiger partial charge < -0.3 is 11.1 Å². The Labute approximate surface area is 184 Å². The second-order valence-corrected chi connectivity index (χ2v) is 8.34. The Hall–Kier alpha value is -3.21. The average molecular weight is 415 g/mol. The molecule has 0 radical (unpaired) electrons. The summed E-state index contributed by atoms with van der Waals surface area (Å²) in [4.78, 5) is 22.4. The van der Waals surface area contributed by atoms with Crippen LogP contribution in [0.25, 0.3) is 11.3 Å². The number of nitrogens with one attached hydrogen (secondary N) is 1. The topological polar surface area (TPSA) is 80.9 Å². The molecule has 0 saturated carbocycles. The van der Waals surface area contributed by atoms with Crippen molar-refractivity contribution in [1.82, 2.24) is 15.3 Å². The molecule has 2 aromatic carbocycles. The van der Waals surface area contributed by atoms with Gasteiger partial charge in [0.1, 0.15) is 0 Å². The summed E-state index contributed by atoms with van der Waals surface area (Å²) >= 11 is 0. The van der Waals surface area contributed by atoms with E-state index in [9.17, 15) is 4.79 Å². The van der Waals surface area contributed by atoms with E-state index in [0.717, 1.165) is 66.1 Å². The zero-order valence-electron chi connectivity index (χ0n) is 18.3. The number of amides is 1. The average Bonchev–Trinajstić information content (AvgIpc) is 2.80. The molecule has 3 aromatic rings. The molecule has 3 N–H and O–H groups in total. The van der Waals surface area contributed by atoms with Crippen molar-refractivity contribution < 1.29 is 4.79 Å². The third-order valence-electron chi connectivity index (χ3n) is 6.12.